The highest BCUT2D eigenvalue weighted by atomic mass is 16.6. The molecule has 706 valence electrons. The molecule has 0 aliphatic heterocycles. The first kappa shape index (κ1) is 107. The van der Waals surface area contributed by atoms with E-state index in [9.17, 15) is 43.5 Å². The molecule has 1 N–H and O–H groups in total. The highest BCUT2D eigenvalue weighted by molar-refractivity contribution is 6.01. The van der Waals surface area contributed by atoms with Gasteiger partial charge in [-0.25, -0.2) is 38.4 Å². The van der Waals surface area contributed by atoms with Crippen LogP contribution in [0.2, 0.25) is 0 Å². The van der Waals surface area contributed by atoms with Crippen LogP contribution >= 0.6 is 0 Å². The summed E-state index contributed by atoms with van der Waals surface area (Å²) in [7, 11) is 0. The molecule has 0 saturated carbocycles. The number of rotatable bonds is 52. The number of esters is 8. The summed E-state index contributed by atoms with van der Waals surface area (Å²) in [5.41, 5.74) is 9.55. The van der Waals surface area contributed by atoms with Gasteiger partial charge in [0.15, 0.2) is 0 Å². The fourth-order valence-electron chi connectivity index (χ4n) is 13.0. The van der Waals surface area contributed by atoms with E-state index in [-0.39, 0.29) is 25.8 Å². The molecule has 0 saturated heterocycles. The molecule has 0 aromatic heterocycles. The Bertz CT molecular complexity index is 5560. The molecule has 0 unspecified atom stereocenters. The Morgan fingerprint density at radius 2 is 0.630 bits per heavy atom. The third-order valence-corrected chi connectivity index (χ3v) is 20.8. The SMILES string of the molecule is C=CC(=O)OCC.C=CC(=O)OCCC(CC)(CO)CCOC(=O)C=C.C=CC(=O)OCCCCCOc1ccc(C(=O)Oc2ccc(N=Nc3ccc(N=Nc4ccc(N(CCCC)CCCC)cc4)c4ccccc34)cc2)cc1.C=CC(=O)OCCCCCc1ccc(C(=O)Oc2ccc(N=Nc3ccc(N=Nc4ccc(CCCCOC(=O)C=C)cc4)c4ccccc34)cc2)cc1. The van der Waals surface area contributed by atoms with E-state index >= 15 is 0 Å². The number of carbonyl (C=O) groups is 8. The minimum Gasteiger partial charge on any atom is -0.494 e. The van der Waals surface area contributed by atoms with Gasteiger partial charge in [0.25, 0.3) is 0 Å². The lowest BCUT2D eigenvalue weighted by Crippen LogP contribution is -2.29. The number of carbonyl (C=O) groups excluding carboxylic acids is 8. The molecular weight excluding hydrogens is 1710 g/mol. The zero-order valence-corrected chi connectivity index (χ0v) is 77.5. The Kier molecular flexibility index (Phi) is 48.7. The van der Waals surface area contributed by atoms with Gasteiger partial charge >= 0.3 is 47.8 Å². The van der Waals surface area contributed by atoms with Gasteiger partial charge in [0, 0.05) is 83.4 Å². The van der Waals surface area contributed by atoms with Crippen molar-refractivity contribution >= 4 is 120 Å². The van der Waals surface area contributed by atoms with Crippen LogP contribution in [0.4, 0.5) is 51.2 Å². The average Bonchev–Trinajstić information content (AvgIpc) is 0.803. The number of hydrogen-bond donors (Lipinski definition) is 1. The summed E-state index contributed by atoms with van der Waals surface area (Å²) in [5.74, 6) is -2.01. The summed E-state index contributed by atoms with van der Waals surface area (Å²) in [6.45, 7) is 32.7. The normalized spacial score (nSPS) is 10.9. The van der Waals surface area contributed by atoms with Crippen LogP contribution in [0.15, 0.2) is 335 Å². The Morgan fingerprint density at radius 1 is 0.326 bits per heavy atom. The zero-order chi connectivity index (χ0) is 97.1. The molecule has 0 fully saturated rings. The van der Waals surface area contributed by atoms with E-state index in [0.29, 0.717) is 109 Å². The molecular formula is C108H121N9O18. The highest BCUT2D eigenvalue weighted by Crippen LogP contribution is 2.39. The zero-order valence-electron chi connectivity index (χ0n) is 77.5. The molecule has 0 aliphatic rings. The van der Waals surface area contributed by atoms with Crippen LogP contribution in [-0.4, -0.2) is 119 Å². The number of nitrogens with zero attached hydrogens (tertiary/aromatic N) is 9. The maximum Gasteiger partial charge on any atom is 0.343 e. The summed E-state index contributed by atoms with van der Waals surface area (Å²) in [6.07, 6.45) is 21.8. The second-order valence-electron chi connectivity index (χ2n) is 30.5. The van der Waals surface area contributed by atoms with Crippen molar-refractivity contribution in [1.29, 1.82) is 0 Å². The van der Waals surface area contributed by atoms with Gasteiger partial charge in [-0.1, -0.05) is 146 Å². The first-order valence-corrected chi connectivity index (χ1v) is 45.2. The van der Waals surface area contributed by atoms with Gasteiger partial charge in [-0.2, -0.15) is 20.5 Å². The van der Waals surface area contributed by atoms with Gasteiger partial charge in [0.05, 0.1) is 103 Å². The molecule has 0 bridgehead atoms. The van der Waals surface area contributed by atoms with Crippen molar-refractivity contribution in [3.05, 3.63) is 317 Å². The van der Waals surface area contributed by atoms with Crippen LogP contribution in [0.1, 0.15) is 156 Å². The molecule has 0 atom stereocenters. The number of aliphatic hydroxyl groups is 1. The van der Waals surface area contributed by atoms with Crippen LogP contribution in [0.5, 0.6) is 17.2 Å². The van der Waals surface area contributed by atoms with E-state index in [1.807, 2.05) is 128 Å². The maximum absolute atomic E-state index is 12.8. The van der Waals surface area contributed by atoms with E-state index in [1.54, 1.807) is 91.9 Å². The van der Waals surface area contributed by atoms with E-state index in [0.717, 1.165) is 152 Å². The van der Waals surface area contributed by atoms with Crippen LogP contribution in [-0.2, 0) is 70.0 Å². The van der Waals surface area contributed by atoms with Crippen LogP contribution in [0.3, 0.4) is 0 Å². The predicted molar refractivity (Wildman–Crippen MR) is 527 cm³/mol. The fourth-order valence-corrected chi connectivity index (χ4v) is 13.0. The largest absolute Gasteiger partial charge is 0.494 e. The molecule has 0 heterocycles. The first-order valence-electron chi connectivity index (χ1n) is 45.2. The summed E-state index contributed by atoms with van der Waals surface area (Å²) in [5, 5.41) is 49.2. The molecule has 10 aromatic rings. The van der Waals surface area contributed by atoms with Crippen molar-refractivity contribution in [1.82, 2.24) is 0 Å². The molecule has 10 aromatic carbocycles. The Hall–Kier alpha value is -15.1. The molecule has 0 radical (unpaired) electrons. The molecule has 0 spiro atoms. The van der Waals surface area contributed by atoms with Crippen LogP contribution in [0.25, 0.3) is 21.5 Å². The topological polar surface area (TPSA) is 342 Å². The quantitative estimate of drug-likeness (QED) is 0.00924. The van der Waals surface area contributed by atoms with Crippen molar-refractivity contribution in [2.45, 2.75) is 137 Å². The fraction of sp³-hybridized carbons (Fsp3) is 0.296. The van der Waals surface area contributed by atoms with Crippen LogP contribution in [0, 0.1) is 5.41 Å². The molecule has 135 heavy (non-hydrogen) atoms. The minimum atomic E-state index is -0.485. The molecule has 0 aliphatic carbocycles. The molecule has 10 rings (SSSR count). The smallest absolute Gasteiger partial charge is 0.343 e. The third-order valence-electron chi connectivity index (χ3n) is 20.8. The lowest BCUT2D eigenvalue weighted by molar-refractivity contribution is -0.140. The number of benzene rings is 10. The second kappa shape index (κ2) is 61.5. The number of aliphatic hydroxyl groups excluding tert-OH is 1. The minimum absolute atomic E-state index is 0.0548. The lowest BCUT2D eigenvalue weighted by atomic mass is 9.80. The number of hydrogen-bond acceptors (Lipinski definition) is 27. The number of ether oxygens (including phenoxy) is 9. The van der Waals surface area contributed by atoms with Gasteiger partial charge in [-0.05, 0) is 265 Å². The number of anilines is 1. The van der Waals surface area contributed by atoms with E-state index in [1.165, 1.54) is 43.0 Å². The highest BCUT2D eigenvalue weighted by Gasteiger charge is 2.28. The summed E-state index contributed by atoms with van der Waals surface area (Å²) < 4.78 is 46.1. The lowest BCUT2D eigenvalue weighted by Gasteiger charge is -2.30. The number of aryl methyl sites for hydroxylation is 2. The standard InChI is InChI=1S/C45H49N5O5.C44H42N4O6.C14H22O5.C5H8O2/c1-4-7-30-50(31-8-5-2)37-22-18-35(19-23-37)46-48-42-28-29-43(41-15-11-10-14-40(41)42)49-47-36-20-26-39(27-21-36)55-45(52)34-16-24-38(25-17-34)53-32-12-9-13-33-54-44(51)6-3;1-3-42(49)52-30-10-5-6-12-32-16-20-34(21-17-32)44(51)54-37-26-24-36(25-27-37)46-48-41-29-28-40(38-14-7-8-15-39(38)41)47-45-35-22-18-33(19-23-35)13-9-11-31-53-43(50)4-2;1-4-12(16)18-9-7-14(6-3,11-15)8-10-19-13(17)5-2;1-3-5(6)7-4-2/h6,10-11,14-29H,3-5,7-9,12-13,30-33H2,1-2H3;3-4,7-8,14-29H,1-2,5-6,9-13,30-31H2;4-5,15H,1-2,6-11H2,3H3;3H,1,4H2,2H3. The van der Waals surface area contributed by atoms with Gasteiger partial charge in [0.1, 0.15) is 17.2 Å². The molecule has 27 heteroatoms. The van der Waals surface area contributed by atoms with E-state index < -0.39 is 47.2 Å². The van der Waals surface area contributed by atoms with Gasteiger partial charge < -0.3 is 52.6 Å². The maximum atomic E-state index is 12.8. The third kappa shape index (κ3) is 39.5. The van der Waals surface area contributed by atoms with Gasteiger partial charge in [-0.3, -0.25) is 0 Å². The Labute approximate surface area is 790 Å². The Balaban J connectivity index is 0.000000292. The summed E-state index contributed by atoms with van der Waals surface area (Å²) in [4.78, 5) is 93.2. The monoisotopic (exact) mass is 1830 g/mol. The van der Waals surface area contributed by atoms with Crippen molar-refractivity contribution in [2.24, 2.45) is 46.3 Å². The van der Waals surface area contributed by atoms with Crippen molar-refractivity contribution in [3.63, 3.8) is 0 Å². The molecule has 27 nitrogen and oxygen atoms in total. The van der Waals surface area contributed by atoms with Crippen LogP contribution < -0.4 is 19.1 Å². The number of azo groups is 4. The first-order chi connectivity index (χ1) is 65.7. The van der Waals surface area contributed by atoms with Gasteiger partial charge in [-0.15, -0.1) is 20.5 Å². The van der Waals surface area contributed by atoms with Crippen molar-refractivity contribution in [3.8, 4) is 17.2 Å². The second-order valence-corrected chi connectivity index (χ2v) is 30.5. The van der Waals surface area contributed by atoms with E-state index in [2.05, 4.69) is 116 Å². The molecule has 0 amide bonds. The van der Waals surface area contributed by atoms with E-state index in [4.69, 9.17) is 37.9 Å². The van der Waals surface area contributed by atoms with Crippen molar-refractivity contribution < 1.29 is 86.1 Å². The number of fused-ring (bicyclic) bond motifs is 2. The van der Waals surface area contributed by atoms with Crippen molar-refractivity contribution in [2.75, 3.05) is 70.8 Å². The average molecular weight is 1830 g/mol. The number of unbranched alkanes of at least 4 members (excludes halogenated alkanes) is 7. The summed E-state index contributed by atoms with van der Waals surface area (Å²) in [6, 6.07) is 67.4. The summed E-state index contributed by atoms with van der Waals surface area (Å²) >= 11 is 0. The Morgan fingerprint density at radius 3 is 0.970 bits per heavy atom. The predicted octanol–water partition coefficient (Wildman–Crippen LogP) is 26.3. The van der Waals surface area contributed by atoms with Gasteiger partial charge in [0.2, 0.25) is 0 Å².